The highest BCUT2D eigenvalue weighted by Crippen LogP contribution is 2.37. The highest BCUT2D eigenvalue weighted by atomic mass is 16.4. The van der Waals surface area contributed by atoms with E-state index >= 15 is 0 Å². The number of carboxylic acids is 2. The molecule has 4 heteroatoms. The van der Waals surface area contributed by atoms with Crippen LogP contribution >= 0.6 is 0 Å². The smallest absolute Gasteiger partial charge is 0.335 e. The highest BCUT2D eigenvalue weighted by molar-refractivity contribution is 6.05. The zero-order valence-electron chi connectivity index (χ0n) is 17.1. The molecule has 4 aromatic rings. The van der Waals surface area contributed by atoms with Crippen LogP contribution in [-0.2, 0) is 0 Å². The Bertz CT molecular complexity index is 1170. The van der Waals surface area contributed by atoms with Gasteiger partial charge in [-0.25, -0.2) is 9.59 Å². The highest BCUT2D eigenvalue weighted by Gasteiger charge is 2.17. The molecule has 0 unspecified atom stereocenters. The van der Waals surface area contributed by atoms with Crippen molar-refractivity contribution in [3.05, 3.63) is 143 Å². The SMILES string of the molecule is O=C(O)c1ccc(/C(=C(\c2ccccc2)c2ccc(C(=O)O)cc2)c2ccccc2)cc1. The molecule has 0 bridgehead atoms. The molecule has 0 aliphatic carbocycles. The molecule has 0 radical (unpaired) electrons. The number of benzene rings is 4. The van der Waals surface area contributed by atoms with Crippen LogP contribution in [0.1, 0.15) is 43.0 Å². The van der Waals surface area contributed by atoms with Gasteiger partial charge in [-0.3, -0.25) is 0 Å². The molecule has 0 aromatic heterocycles. The second-order valence-corrected chi connectivity index (χ2v) is 7.25. The Labute approximate surface area is 185 Å². The third-order valence-corrected chi connectivity index (χ3v) is 5.22. The van der Waals surface area contributed by atoms with E-state index in [4.69, 9.17) is 0 Å². The van der Waals surface area contributed by atoms with Crippen LogP contribution in [0.25, 0.3) is 11.1 Å². The molecule has 0 fully saturated rings. The first-order chi connectivity index (χ1) is 15.5. The maximum atomic E-state index is 11.4. The quantitative estimate of drug-likeness (QED) is 0.370. The number of hydrogen-bond donors (Lipinski definition) is 2. The maximum Gasteiger partial charge on any atom is 0.335 e. The topological polar surface area (TPSA) is 74.6 Å². The molecule has 0 aliphatic heterocycles. The van der Waals surface area contributed by atoms with E-state index in [1.165, 1.54) is 0 Å². The molecule has 0 spiro atoms. The normalized spacial score (nSPS) is 11.5. The van der Waals surface area contributed by atoms with Gasteiger partial charge >= 0.3 is 11.9 Å². The molecule has 0 amide bonds. The predicted octanol–water partition coefficient (Wildman–Crippen LogP) is 6.09. The average molecular weight is 420 g/mol. The molecule has 0 saturated carbocycles. The second kappa shape index (κ2) is 9.14. The molecule has 4 aromatic carbocycles. The summed E-state index contributed by atoms with van der Waals surface area (Å²) < 4.78 is 0. The average Bonchev–Trinajstić information content (AvgIpc) is 2.84. The number of carboxylic acid groups (broad SMARTS) is 2. The zero-order chi connectivity index (χ0) is 22.5. The van der Waals surface area contributed by atoms with E-state index in [1.807, 2.05) is 60.7 Å². The van der Waals surface area contributed by atoms with Crippen molar-refractivity contribution in [2.75, 3.05) is 0 Å². The summed E-state index contributed by atoms with van der Waals surface area (Å²) in [6.45, 7) is 0. The Morgan fingerprint density at radius 3 is 0.906 bits per heavy atom. The van der Waals surface area contributed by atoms with Gasteiger partial charge in [-0.15, -0.1) is 0 Å². The first kappa shape index (κ1) is 20.8. The summed E-state index contributed by atoms with van der Waals surface area (Å²) in [5.74, 6) is -1.95. The third-order valence-electron chi connectivity index (χ3n) is 5.22. The Morgan fingerprint density at radius 2 is 0.625 bits per heavy atom. The van der Waals surface area contributed by atoms with Crippen LogP contribution in [-0.4, -0.2) is 22.2 Å². The largest absolute Gasteiger partial charge is 0.478 e. The minimum atomic E-state index is -0.977. The molecule has 4 nitrogen and oxygen atoms in total. The minimum Gasteiger partial charge on any atom is -0.478 e. The summed E-state index contributed by atoms with van der Waals surface area (Å²) in [5, 5.41) is 18.6. The summed E-state index contributed by atoms with van der Waals surface area (Å²) in [7, 11) is 0. The molecule has 0 aliphatic rings. The summed E-state index contributed by atoms with van der Waals surface area (Å²) >= 11 is 0. The van der Waals surface area contributed by atoms with Crippen LogP contribution in [0.2, 0.25) is 0 Å². The van der Waals surface area contributed by atoms with E-state index in [0.29, 0.717) is 0 Å². The lowest BCUT2D eigenvalue weighted by molar-refractivity contribution is 0.0686. The van der Waals surface area contributed by atoms with Crippen LogP contribution in [0.3, 0.4) is 0 Å². The van der Waals surface area contributed by atoms with Crippen molar-refractivity contribution in [2.24, 2.45) is 0 Å². The first-order valence-corrected chi connectivity index (χ1v) is 10.1. The van der Waals surface area contributed by atoms with E-state index in [2.05, 4.69) is 0 Å². The number of aromatic carboxylic acids is 2. The molecule has 32 heavy (non-hydrogen) atoms. The molecule has 2 N–H and O–H groups in total. The van der Waals surface area contributed by atoms with Gasteiger partial charge in [0.1, 0.15) is 0 Å². The standard InChI is InChI=1S/C28H20O4/c29-27(30)23-15-11-21(12-16-23)25(19-7-3-1-4-8-19)26(20-9-5-2-6-10-20)22-13-17-24(18-14-22)28(31)32/h1-18H,(H,29,30)(H,31,32)/b26-25+. The summed E-state index contributed by atoms with van der Waals surface area (Å²) in [5.41, 5.74) is 5.95. The van der Waals surface area contributed by atoms with E-state index < -0.39 is 11.9 Å². The number of rotatable bonds is 6. The van der Waals surface area contributed by atoms with E-state index in [1.54, 1.807) is 48.5 Å². The Kier molecular flexibility index (Phi) is 5.95. The van der Waals surface area contributed by atoms with Crippen molar-refractivity contribution in [1.82, 2.24) is 0 Å². The minimum absolute atomic E-state index is 0.216. The lowest BCUT2D eigenvalue weighted by Gasteiger charge is -2.18. The van der Waals surface area contributed by atoms with Crippen LogP contribution in [0.4, 0.5) is 0 Å². The monoisotopic (exact) mass is 420 g/mol. The van der Waals surface area contributed by atoms with Crippen molar-refractivity contribution >= 4 is 23.1 Å². The molecule has 0 atom stereocenters. The molecule has 156 valence electrons. The molecule has 0 heterocycles. The summed E-state index contributed by atoms with van der Waals surface area (Å²) in [6.07, 6.45) is 0. The molecule has 0 saturated heterocycles. The van der Waals surface area contributed by atoms with Crippen molar-refractivity contribution < 1.29 is 19.8 Å². The fraction of sp³-hybridized carbons (Fsp3) is 0. The first-order valence-electron chi connectivity index (χ1n) is 10.1. The van der Waals surface area contributed by atoms with Crippen LogP contribution in [0.5, 0.6) is 0 Å². The van der Waals surface area contributed by atoms with Crippen LogP contribution in [0, 0.1) is 0 Å². The molecular formula is C28H20O4. The van der Waals surface area contributed by atoms with Gasteiger partial charge in [0.25, 0.3) is 0 Å². The van der Waals surface area contributed by atoms with Gasteiger partial charge in [0, 0.05) is 0 Å². The van der Waals surface area contributed by atoms with Gasteiger partial charge in [-0.05, 0) is 57.7 Å². The van der Waals surface area contributed by atoms with Crippen LogP contribution < -0.4 is 0 Å². The van der Waals surface area contributed by atoms with Gasteiger partial charge in [0.2, 0.25) is 0 Å². The zero-order valence-corrected chi connectivity index (χ0v) is 17.1. The third kappa shape index (κ3) is 4.35. The fourth-order valence-electron chi connectivity index (χ4n) is 3.68. The van der Waals surface area contributed by atoms with Crippen molar-refractivity contribution in [3.63, 3.8) is 0 Å². The Hall–Kier alpha value is -4.44. The predicted molar refractivity (Wildman–Crippen MR) is 125 cm³/mol. The van der Waals surface area contributed by atoms with Crippen molar-refractivity contribution in [2.45, 2.75) is 0 Å². The maximum absolute atomic E-state index is 11.4. The Balaban J connectivity index is 2.03. The van der Waals surface area contributed by atoms with E-state index in [9.17, 15) is 19.8 Å². The van der Waals surface area contributed by atoms with Gasteiger partial charge in [-0.2, -0.15) is 0 Å². The lowest BCUT2D eigenvalue weighted by atomic mass is 9.85. The van der Waals surface area contributed by atoms with Gasteiger partial charge < -0.3 is 10.2 Å². The number of carbonyl (C=O) groups is 2. The Morgan fingerprint density at radius 1 is 0.375 bits per heavy atom. The molecular weight excluding hydrogens is 400 g/mol. The van der Waals surface area contributed by atoms with E-state index in [0.717, 1.165) is 33.4 Å². The second-order valence-electron chi connectivity index (χ2n) is 7.25. The van der Waals surface area contributed by atoms with Gasteiger partial charge in [0.05, 0.1) is 11.1 Å². The fourth-order valence-corrected chi connectivity index (χ4v) is 3.68. The van der Waals surface area contributed by atoms with Gasteiger partial charge in [0.15, 0.2) is 0 Å². The van der Waals surface area contributed by atoms with Crippen LogP contribution in [0.15, 0.2) is 109 Å². The summed E-state index contributed by atoms with van der Waals surface area (Å²) in [6, 6.07) is 33.3. The summed E-state index contributed by atoms with van der Waals surface area (Å²) in [4.78, 5) is 22.7. The lowest BCUT2D eigenvalue weighted by Crippen LogP contribution is -2.00. The van der Waals surface area contributed by atoms with Crippen molar-refractivity contribution in [3.8, 4) is 0 Å². The number of hydrogen-bond acceptors (Lipinski definition) is 2. The van der Waals surface area contributed by atoms with Crippen molar-refractivity contribution in [1.29, 1.82) is 0 Å². The van der Waals surface area contributed by atoms with E-state index in [-0.39, 0.29) is 11.1 Å². The molecule has 4 rings (SSSR count). The van der Waals surface area contributed by atoms with Gasteiger partial charge in [-0.1, -0.05) is 84.9 Å².